The van der Waals surface area contributed by atoms with E-state index in [0.717, 1.165) is 71.0 Å². The molecule has 39 heavy (non-hydrogen) atoms. The van der Waals surface area contributed by atoms with Crippen molar-refractivity contribution in [3.8, 4) is 27.6 Å². The van der Waals surface area contributed by atoms with Gasteiger partial charge in [-0.15, -0.1) is 0 Å². The molecule has 204 valence electrons. The van der Waals surface area contributed by atoms with Crippen molar-refractivity contribution in [3.63, 3.8) is 0 Å². The molecule has 2 aromatic heterocycles. The minimum Gasteiger partial charge on any atom is -0.494 e. The molecule has 1 saturated heterocycles. The third kappa shape index (κ3) is 6.29. The highest BCUT2D eigenvalue weighted by atomic mass is 32.1. The average Bonchev–Trinajstić information content (AvgIpc) is 3.34. The number of ether oxygens (including phenoxy) is 1. The number of piperazine rings is 1. The van der Waals surface area contributed by atoms with Crippen LogP contribution in [0, 0.1) is 12.7 Å². The topological polar surface area (TPSA) is 78.4 Å². The van der Waals surface area contributed by atoms with Gasteiger partial charge in [-0.2, -0.15) is 0 Å². The highest BCUT2D eigenvalue weighted by Crippen LogP contribution is 2.40. The van der Waals surface area contributed by atoms with Crippen molar-refractivity contribution >= 4 is 33.8 Å². The van der Waals surface area contributed by atoms with Gasteiger partial charge >= 0.3 is 0 Å². The van der Waals surface area contributed by atoms with Crippen LogP contribution in [0.25, 0.3) is 21.8 Å². The lowest BCUT2D eigenvalue weighted by atomic mass is 10.1. The lowest BCUT2D eigenvalue weighted by Gasteiger charge is -2.34. The molecule has 2 N–H and O–H groups in total. The summed E-state index contributed by atoms with van der Waals surface area (Å²) in [6.07, 6.45) is 1.71. The van der Waals surface area contributed by atoms with Crippen LogP contribution in [0.1, 0.15) is 19.4 Å². The smallest absolute Gasteiger partial charge is 0.227 e. The van der Waals surface area contributed by atoms with Gasteiger partial charge in [-0.3, -0.25) is 0 Å². The van der Waals surface area contributed by atoms with Gasteiger partial charge in [0, 0.05) is 50.2 Å². The van der Waals surface area contributed by atoms with Gasteiger partial charge in [0.05, 0.1) is 28.6 Å². The van der Waals surface area contributed by atoms with Crippen molar-refractivity contribution in [1.29, 1.82) is 0 Å². The lowest BCUT2D eigenvalue weighted by Crippen LogP contribution is -2.44. The molecule has 0 radical (unpaired) electrons. The zero-order valence-corrected chi connectivity index (χ0v) is 23.6. The van der Waals surface area contributed by atoms with E-state index >= 15 is 4.39 Å². The Hall–Kier alpha value is -3.76. The van der Waals surface area contributed by atoms with Crippen molar-refractivity contribution in [3.05, 3.63) is 60.0 Å². The third-order valence-corrected chi connectivity index (χ3v) is 7.56. The molecule has 3 heterocycles. The summed E-state index contributed by atoms with van der Waals surface area (Å²) >= 11 is 1.54. The molecule has 0 atom stereocenters. The number of hydrogen-bond donors (Lipinski definition) is 2. The third-order valence-electron chi connectivity index (χ3n) is 6.53. The van der Waals surface area contributed by atoms with Crippen molar-refractivity contribution in [2.24, 2.45) is 0 Å². The molecule has 0 amide bonds. The first kappa shape index (κ1) is 26.8. The van der Waals surface area contributed by atoms with Crippen LogP contribution in [-0.2, 0) is 0 Å². The summed E-state index contributed by atoms with van der Waals surface area (Å²) in [6.45, 7) is 10.9. The van der Waals surface area contributed by atoms with E-state index in [0.29, 0.717) is 23.9 Å². The molecule has 1 aliphatic rings. The van der Waals surface area contributed by atoms with E-state index in [1.165, 1.54) is 6.07 Å². The summed E-state index contributed by atoms with van der Waals surface area (Å²) in [5.41, 5.74) is 4.83. The van der Waals surface area contributed by atoms with Gasteiger partial charge in [0.2, 0.25) is 5.95 Å². The summed E-state index contributed by atoms with van der Waals surface area (Å²) < 4.78 is 20.8. The summed E-state index contributed by atoms with van der Waals surface area (Å²) in [5.74, 6) is 0.941. The number of aryl methyl sites for hydroxylation is 1. The summed E-state index contributed by atoms with van der Waals surface area (Å²) in [6, 6.07) is 13.2. The highest BCUT2D eigenvalue weighted by molar-refractivity contribution is 7.19. The summed E-state index contributed by atoms with van der Waals surface area (Å²) in [4.78, 5) is 19.3. The molecule has 5 rings (SSSR count). The maximum Gasteiger partial charge on any atom is 0.227 e. The van der Waals surface area contributed by atoms with Crippen LogP contribution >= 0.6 is 11.3 Å². The number of thiazole rings is 1. The highest BCUT2D eigenvalue weighted by Gasteiger charge is 2.19. The summed E-state index contributed by atoms with van der Waals surface area (Å²) in [7, 11) is 2.09. The van der Waals surface area contributed by atoms with Crippen LogP contribution in [-0.4, -0.2) is 66.2 Å². The maximum absolute atomic E-state index is 15.1. The van der Waals surface area contributed by atoms with E-state index in [4.69, 9.17) is 14.7 Å². The zero-order chi connectivity index (χ0) is 27.4. The number of likely N-dealkylation sites (N-methyl/N-ethyl adjacent to an activating group) is 1. The largest absolute Gasteiger partial charge is 0.494 e. The molecule has 0 spiro atoms. The molecule has 2 aromatic carbocycles. The van der Waals surface area contributed by atoms with Gasteiger partial charge in [-0.25, -0.2) is 19.3 Å². The fourth-order valence-electron chi connectivity index (χ4n) is 4.61. The maximum atomic E-state index is 15.1. The van der Waals surface area contributed by atoms with E-state index in [9.17, 15) is 0 Å². The monoisotopic (exact) mass is 547 g/mol. The van der Waals surface area contributed by atoms with E-state index in [1.54, 1.807) is 17.5 Å². The van der Waals surface area contributed by atoms with Gasteiger partial charge in [-0.1, -0.05) is 11.3 Å². The number of aromatic nitrogens is 3. The standard InChI is InChI=1S/C29H34FN7OS/c1-5-31-29-35-26(20-15-19(3)16-22(17-20)38-6-2)27(39-29)24-9-10-32-28(34-24)33-21-7-8-25(23(30)18-21)37-13-11-36(4)12-14-37/h7-10,15-18H,5-6,11-14H2,1-4H3,(H,31,35)(H,32,33,34). The molecule has 0 saturated carbocycles. The second-order valence-corrected chi connectivity index (χ2v) is 10.5. The Morgan fingerprint density at radius 3 is 2.59 bits per heavy atom. The average molecular weight is 548 g/mol. The number of nitrogens with zero attached hydrogens (tertiary/aromatic N) is 5. The van der Waals surface area contributed by atoms with Gasteiger partial charge in [0.25, 0.3) is 0 Å². The Kier molecular flexibility index (Phi) is 8.23. The number of hydrogen-bond acceptors (Lipinski definition) is 9. The zero-order valence-electron chi connectivity index (χ0n) is 22.8. The van der Waals surface area contributed by atoms with Crippen molar-refractivity contribution in [1.82, 2.24) is 19.9 Å². The Morgan fingerprint density at radius 2 is 1.85 bits per heavy atom. The number of rotatable bonds is 9. The lowest BCUT2D eigenvalue weighted by molar-refractivity contribution is 0.311. The molecule has 0 aliphatic carbocycles. The van der Waals surface area contributed by atoms with Crippen LogP contribution in [0.2, 0.25) is 0 Å². The first-order valence-corrected chi connectivity index (χ1v) is 14.1. The Labute approximate surface area is 232 Å². The van der Waals surface area contributed by atoms with Crippen LogP contribution in [0.3, 0.4) is 0 Å². The van der Waals surface area contributed by atoms with Crippen LogP contribution in [0.5, 0.6) is 5.75 Å². The van der Waals surface area contributed by atoms with Crippen molar-refractivity contribution in [2.75, 3.05) is 61.9 Å². The Morgan fingerprint density at radius 1 is 1.03 bits per heavy atom. The van der Waals surface area contributed by atoms with E-state index in [2.05, 4.69) is 38.5 Å². The van der Waals surface area contributed by atoms with Gasteiger partial charge < -0.3 is 25.2 Å². The van der Waals surface area contributed by atoms with Crippen molar-refractivity contribution in [2.45, 2.75) is 20.8 Å². The molecule has 10 heteroatoms. The van der Waals surface area contributed by atoms with E-state index < -0.39 is 0 Å². The predicted molar refractivity (Wildman–Crippen MR) is 158 cm³/mol. The number of halogens is 1. The normalized spacial score (nSPS) is 13.9. The first-order chi connectivity index (χ1) is 18.9. The molecule has 0 bridgehead atoms. The Bertz CT molecular complexity index is 1440. The molecule has 8 nitrogen and oxygen atoms in total. The van der Waals surface area contributed by atoms with Gasteiger partial charge in [0.15, 0.2) is 5.13 Å². The van der Waals surface area contributed by atoms with Gasteiger partial charge in [-0.05, 0) is 75.8 Å². The second-order valence-electron chi connectivity index (χ2n) is 9.54. The molecule has 1 fully saturated rings. The summed E-state index contributed by atoms with van der Waals surface area (Å²) in [5, 5.41) is 7.32. The first-order valence-electron chi connectivity index (χ1n) is 13.3. The molecular formula is C29H34FN7OS. The van der Waals surface area contributed by atoms with Crippen molar-refractivity contribution < 1.29 is 9.13 Å². The molecule has 4 aromatic rings. The molecular weight excluding hydrogens is 513 g/mol. The van der Waals surface area contributed by atoms with Crippen LogP contribution < -0.4 is 20.3 Å². The number of benzene rings is 2. The Balaban J connectivity index is 1.43. The second kappa shape index (κ2) is 12.0. The minimum absolute atomic E-state index is 0.259. The number of nitrogens with one attached hydrogen (secondary N) is 2. The SMILES string of the molecule is CCNc1nc(-c2cc(C)cc(OCC)c2)c(-c2ccnc(Nc3ccc(N4CCN(C)CC4)c(F)c3)n2)s1. The van der Waals surface area contributed by atoms with Gasteiger partial charge in [0.1, 0.15) is 11.6 Å². The minimum atomic E-state index is -0.259. The fraction of sp³-hybridized carbons (Fsp3) is 0.345. The van der Waals surface area contributed by atoms with Crippen LogP contribution in [0.15, 0.2) is 48.7 Å². The molecule has 0 unspecified atom stereocenters. The van der Waals surface area contributed by atoms with E-state index in [1.807, 2.05) is 51.1 Å². The van der Waals surface area contributed by atoms with Crippen LogP contribution in [0.4, 0.5) is 26.8 Å². The fourth-order valence-corrected chi connectivity index (χ4v) is 5.64. The van der Waals surface area contributed by atoms with E-state index in [-0.39, 0.29) is 5.82 Å². The quantitative estimate of drug-likeness (QED) is 0.263. The number of anilines is 4. The molecule has 1 aliphatic heterocycles. The predicted octanol–water partition coefficient (Wildman–Crippen LogP) is 6.04.